The number of nitrogens with one attached hydrogen (secondary N) is 2. The second-order valence-electron chi connectivity index (χ2n) is 2.65. The molecular weight excluding hydrogens is 172 g/mol. The van der Waals surface area contributed by atoms with Gasteiger partial charge in [0, 0.05) is 20.0 Å². The fourth-order valence-electron chi connectivity index (χ4n) is 0.729. The highest BCUT2D eigenvalue weighted by atomic mass is 16.2. The summed E-state index contributed by atoms with van der Waals surface area (Å²) in [6, 6.07) is 0. The number of hydrogen-bond donors (Lipinski definition) is 2. The van der Waals surface area contributed by atoms with Crippen molar-refractivity contribution in [3.8, 4) is 0 Å². The zero-order chi connectivity index (χ0) is 10.3. The Morgan fingerprint density at radius 2 is 1.77 bits per heavy atom. The summed E-state index contributed by atoms with van der Waals surface area (Å²) >= 11 is 0. The van der Waals surface area contributed by atoms with E-state index in [0.717, 1.165) is 0 Å². The molecule has 0 saturated heterocycles. The van der Waals surface area contributed by atoms with Crippen molar-refractivity contribution in [3.63, 3.8) is 0 Å². The molecule has 74 valence electrons. The van der Waals surface area contributed by atoms with Gasteiger partial charge in [-0.1, -0.05) is 0 Å². The SMILES string of the molecule is CNC(=O)CCNC(=O)CC(C)=O. The first kappa shape index (κ1) is 11.6. The van der Waals surface area contributed by atoms with Crippen molar-refractivity contribution >= 4 is 17.6 Å². The van der Waals surface area contributed by atoms with E-state index in [1.54, 1.807) is 0 Å². The minimum Gasteiger partial charge on any atom is -0.359 e. The molecule has 0 unspecified atom stereocenters. The van der Waals surface area contributed by atoms with Crippen LogP contribution in [0.2, 0.25) is 0 Å². The average Bonchev–Trinajstić information content (AvgIpc) is 2.02. The van der Waals surface area contributed by atoms with E-state index < -0.39 is 0 Å². The maximum absolute atomic E-state index is 10.9. The summed E-state index contributed by atoms with van der Waals surface area (Å²) in [6.45, 7) is 1.62. The topological polar surface area (TPSA) is 75.3 Å². The van der Waals surface area contributed by atoms with Crippen molar-refractivity contribution in [2.24, 2.45) is 0 Å². The number of carbonyl (C=O) groups excluding carboxylic acids is 3. The molecule has 5 nitrogen and oxygen atoms in total. The van der Waals surface area contributed by atoms with Crippen LogP contribution in [0.1, 0.15) is 19.8 Å². The van der Waals surface area contributed by atoms with Gasteiger partial charge in [0.2, 0.25) is 11.8 Å². The van der Waals surface area contributed by atoms with Crippen LogP contribution in [0, 0.1) is 0 Å². The van der Waals surface area contributed by atoms with Gasteiger partial charge < -0.3 is 10.6 Å². The first-order valence-corrected chi connectivity index (χ1v) is 4.03. The van der Waals surface area contributed by atoms with Crippen LogP contribution in [0.3, 0.4) is 0 Å². The highest BCUT2D eigenvalue weighted by molar-refractivity contribution is 5.96. The molecule has 0 saturated carbocycles. The minimum absolute atomic E-state index is 0.117. The Balaban J connectivity index is 3.48. The lowest BCUT2D eigenvalue weighted by atomic mass is 10.3. The summed E-state index contributed by atoms with van der Waals surface area (Å²) < 4.78 is 0. The molecule has 0 atom stereocenters. The van der Waals surface area contributed by atoms with Gasteiger partial charge in [0.1, 0.15) is 5.78 Å². The monoisotopic (exact) mass is 186 g/mol. The molecule has 13 heavy (non-hydrogen) atoms. The van der Waals surface area contributed by atoms with Gasteiger partial charge in [-0.3, -0.25) is 14.4 Å². The van der Waals surface area contributed by atoms with E-state index in [1.165, 1.54) is 14.0 Å². The summed E-state index contributed by atoms with van der Waals surface area (Å²) in [4.78, 5) is 32.0. The van der Waals surface area contributed by atoms with Gasteiger partial charge in [0.05, 0.1) is 6.42 Å². The number of rotatable bonds is 5. The summed E-state index contributed by atoms with van der Waals surface area (Å²) in [5.41, 5.74) is 0. The lowest BCUT2D eigenvalue weighted by Crippen LogP contribution is -2.29. The quantitative estimate of drug-likeness (QED) is 0.553. The van der Waals surface area contributed by atoms with Crippen molar-refractivity contribution in [2.75, 3.05) is 13.6 Å². The van der Waals surface area contributed by atoms with Crippen molar-refractivity contribution in [1.82, 2.24) is 10.6 Å². The van der Waals surface area contributed by atoms with Crippen LogP contribution in [-0.4, -0.2) is 31.2 Å². The largest absolute Gasteiger partial charge is 0.359 e. The second kappa shape index (κ2) is 6.16. The first-order chi connectivity index (χ1) is 6.06. The van der Waals surface area contributed by atoms with Gasteiger partial charge >= 0.3 is 0 Å². The standard InChI is InChI=1S/C8H14N2O3/c1-6(11)5-8(13)10-4-3-7(12)9-2/h3-5H2,1-2H3,(H,9,12)(H,10,13). The number of hydrogen-bond acceptors (Lipinski definition) is 3. The second-order valence-corrected chi connectivity index (χ2v) is 2.65. The Hall–Kier alpha value is -1.39. The van der Waals surface area contributed by atoms with Gasteiger partial charge in [0.25, 0.3) is 0 Å². The molecule has 2 N–H and O–H groups in total. The van der Waals surface area contributed by atoms with Crippen LogP contribution in [0.25, 0.3) is 0 Å². The fraction of sp³-hybridized carbons (Fsp3) is 0.625. The van der Waals surface area contributed by atoms with Crippen molar-refractivity contribution < 1.29 is 14.4 Å². The third kappa shape index (κ3) is 6.99. The minimum atomic E-state index is -0.337. The van der Waals surface area contributed by atoms with Crippen molar-refractivity contribution in [1.29, 1.82) is 0 Å². The lowest BCUT2D eigenvalue weighted by molar-refractivity contribution is -0.127. The third-order valence-electron chi connectivity index (χ3n) is 1.36. The number of ketones is 1. The maximum Gasteiger partial charge on any atom is 0.227 e. The molecule has 0 spiro atoms. The third-order valence-corrected chi connectivity index (χ3v) is 1.36. The number of amides is 2. The van der Waals surface area contributed by atoms with Crippen LogP contribution in [0.5, 0.6) is 0 Å². The molecular formula is C8H14N2O3. The van der Waals surface area contributed by atoms with E-state index in [0.29, 0.717) is 0 Å². The molecule has 0 fully saturated rings. The van der Waals surface area contributed by atoms with E-state index >= 15 is 0 Å². The predicted molar refractivity (Wildman–Crippen MR) is 47.0 cm³/mol. The molecule has 0 radical (unpaired) electrons. The maximum atomic E-state index is 10.9. The molecule has 0 bridgehead atoms. The Morgan fingerprint density at radius 1 is 1.15 bits per heavy atom. The van der Waals surface area contributed by atoms with Crippen LogP contribution >= 0.6 is 0 Å². The van der Waals surface area contributed by atoms with E-state index in [9.17, 15) is 14.4 Å². The fourth-order valence-corrected chi connectivity index (χ4v) is 0.729. The highest BCUT2D eigenvalue weighted by Crippen LogP contribution is 1.82. The Kier molecular flexibility index (Phi) is 5.50. The first-order valence-electron chi connectivity index (χ1n) is 4.03. The van der Waals surface area contributed by atoms with E-state index in [-0.39, 0.29) is 37.0 Å². The van der Waals surface area contributed by atoms with Crippen molar-refractivity contribution in [3.05, 3.63) is 0 Å². The molecule has 0 aliphatic rings. The number of Topliss-reactive ketones (excluding diaryl/α,β-unsaturated/α-hetero) is 1. The summed E-state index contributed by atoms with van der Waals surface area (Å²) in [6.07, 6.45) is 0.119. The van der Waals surface area contributed by atoms with Gasteiger partial charge in [-0.05, 0) is 6.92 Å². The van der Waals surface area contributed by atoms with Crippen LogP contribution < -0.4 is 10.6 Å². The van der Waals surface area contributed by atoms with Crippen LogP contribution in [-0.2, 0) is 14.4 Å². The Labute approximate surface area is 76.9 Å². The molecule has 0 aromatic carbocycles. The molecule has 0 heterocycles. The molecule has 0 aromatic heterocycles. The van der Waals surface area contributed by atoms with Gasteiger partial charge in [0.15, 0.2) is 0 Å². The molecule has 0 aliphatic carbocycles. The Bertz CT molecular complexity index is 213. The van der Waals surface area contributed by atoms with Crippen molar-refractivity contribution in [2.45, 2.75) is 19.8 Å². The van der Waals surface area contributed by atoms with Gasteiger partial charge in [-0.15, -0.1) is 0 Å². The smallest absolute Gasteiger partial charge is 0.227 e. The highest BCUT2D eigenvalue weighted by Gasteiger charge is 2.04. The summed E-state index contributed by atoms with van der Waals surface area (Å²) in [5.74, 6) is -0.656. The summed E-state index contributed by atoms with van der Waals surface area (Å²) in [7, 11) is 1.53. The van der Waals surface area contributed by atoms with E-state index in [1.807, 2.05) is 0 Å². The Morgan fingerprint density at radius 3 is 2.23 bits per heavy atom. The average molecular weight is 186 g/mol. The number of carbonyl (C=O) groups is 3. The van der Waals surface area contributed by atoms with Crippen LogP contribution in [0.4, 0.5) is 0 Å². The predicted octanol–water partition coefficient (Wildman–Crippen LogP) is -0.782. The molecule has 0 aromatic rings. The summed E-state index contributed by atoms with van der Waals surface area (Å²) in [5, 5.41) is 4.88. The van der Waals surface area contributed by atoms with E-state index in [4.69, 9.17) is 0 Å². The zero-order valence-corrected chi connectivity index (χ0v) is 7.85. The zero-order valence-electron chi connectivity index (χ0n) is 7.85. The van der Waals surface area contributed by atoms with Gasteiger partial charge in [-0.25, -0.2) is 0 Å². The molecule has 2 amide bonds. The molecule has 5 heteroatoms. The normalized spacial score (nSPS) is 9.08. The van der Waals surface area contributed by atoms with Gasteiger partial charge in [-0.2, -0.15) is 0 Å². The molecule has 0 rings (SSSR count). The lowest BCUT2D eigenvalue weighted by Gasteiger charge is -2.02. The van der Waals surface area contributed by atoms with E-state index in [2.05, 4.69) is 10.6 Å². The molecule has 0 aliphatic heterocycles. The van der Waals surface area contributed by atoms with Crippen LogP contribution in [0.15, 0.2) is 0 Å².